The fourth-order valence-electron chi connectivity index (χ4n) is 1.96. The Hall–Kier alpha value is -2.76. The second-order valence-electron chi connectivity index (χ2n) is 4.61. The lowest BCUT2D eigenvalue weighted by molar-refractivity contribution is -0.137. The maximum Gasteiger partial charge on any atom is 0.416 e. The van der Waals surface area contributed by atoms with Crippen LogP contribution in [0.15, 0.2) is 60.8 Å². The van der Waals surface area contributed by atoms with Crippen LogP contribution in [0.5, 0.6) is 0 Å². The molecule has 0 spiro atoms. The summed E-state index contributed by atoms with van der Waals surface area (Å²) >= 11 is 0. The SMILES string of the molecule is FC(F)(F)c1ccc(-c2ncc(-c3ccccc3)nn2)cc1. The summed E-state index contributed by atoms with van der Waals surface area (Å²) in [5.74, 6) is 0.286. The van der Waals surface area contributed by atoms with Crippen LogP contribution in [0.4, 0.5) is 13.2 Å². The van der Waals surface area contributed by atoms with Gasteiger partial charge in [0.1, 0.15) is 5.69 Å². The van der Waals surface area contributed by atoms with E-state index >= 15 is 0 Å². The number of rotatable bonds is 2. The van der Waals surface area contributed by atoms with Crippen LogP contribution in [-0.4, -0.2) is 15.2 Å². The minimum absolute atomic E-state index is 0.286. The molecule has 0 radical (unpaired) electrons. The quantitative estimate of drug-likeness (QED) is 0.711. The van der Waals surface area contributed by atoms with Crippen LogP contribution >= 0.6 is 0 Å². The molecule has 0 amide bonds. The van der Waals surface area contributed by atoms with Crippen molar-refractivity contribution in [3.63, 3.8) is 0 Å². The van der Waals surface area contributed by atoms with Crippen LogP contribution in [0.3, 0.4) is 0 Å². The molecule has 0 unspecified atom stereocenters. The zero-order valence-corrected chi connectivity index (χ0v) is 11.2. The molecular weight excluding hydrogens is 291 g/mol. The van der Waals surface area contributed by atoms with E-state index in [1.54, 1.807) is 6.20 Å². The number of halogens is 3. The highest BCUT2D eigenvalue weighted by Crippen LogP contribution is 2.30. The van der Waals surface area contributed by atoms with E-state index in [1.807, 2.05) is 30.3 Å². The molecule has 0 N–H and O–H groups in total. The van der Waals surface area contributed by atoms with Crippen LogP contribution in [0, 0.1) is 0 Å². The van der Waals surface area contributed by atoms with Crippen molar-refractivity contribution in [1.29, 1.82) is 0 Å². The Morgan fingerprint density at radius 3 is 1.95 bits per heavy atom. The number of alkyl halides is 3. The zero-order valence-electron chi connectivity index (χ0n) is 11.2. The maximum absolute atomic E-state index is 12.5. The number of nitrogens with zero attached hydrogens (tertiary/aromatic N) is 3. The van der Waals surface area contributed by atoms with Crippen LogP contribution in [0.25, 0.3) is 22.6 Å². The Kier molecular flexibility index (Phi) is 3.58. The highest BCUT2D eigenvalue weighted by Gasteiger charge is 2.30. The first-order valence-electron chi connectivity index (χ1n) is 6.47. The number of aromatic nitrogens is 3. The van der Waals surface area contributed by atoms with Crippen LogP contribution in [0.1, 0.15) is 5.56 Å². The van der Waals surface area contributed by atoms with Crippen molar-refractivity contribution in [2.24, 2.45) is 0 Å². The summed E-state index contributed by atoms with van der Waals surface area (Å²) in [5.41, 5.74) is 1.27. The van der Waals surface area contributed by atoms with Gasteiger partial charge in [-0.1, -0.05) is 42.5 Å². The molecule has 0 atom stereocenters. The number of benzene rings is 2. The first kappa shape index (κ1) is 14.2. The Balaban J connectivity index is 1.87. The van der Waals surface area contributed by atoms with Gasteiger partial charge < -0.3 is 0 Å². The van der Waals surface area contributed by atoms with Crippen molar-refractivity contribution in [3.8, 4) is 22.6 Å². The molecular formula is C16H10F3N3. The predicted molar refractivity (Wildman–Crippen MR) is 75.7 cm³/mol. The van der Waals surface area contributed by atoms with Gasteiger partial charge in [0.25, 0.3) is 0 Å². The molecule has 2 aromatic carbocycles. The second-order valence-corrected chi connectivity index (χ2v) is 4.61. The van der Waals surface area contributed by atoms with Crippen LogP contribution in [-0.2, 0) is 6.18 Å². The molecule has 22 heavy (non-hydrogen) atoms. The fourth-order valence-corrected chi connectivity index (χ4v) is 1.96. The Bertz CT molecular complexity index is 751. The second kappa shape index (κ2) is 5.55. The molecule has 0 aliphatic rings. The number of hydrogen-bond donors (Lipinski definition) is 0. The lowest BCUT2D eigenvalue weighted by Gasteiger charge is -2.07. The van der Waals surface area contributed by atoms with Crippen molar-refractivity contribution < 1.29 is 13.2 Å². The first-order chi connectivity index (χ1) is 10.5. The monoisotopic (exact) mass is 301 g/mol. The lowest BCUT2D eigenvalue weighted by Crippen LogP contribution is -2.04. The van der Waals surface area contributed by atoms with Crippen molar-refractivity contribution in [3.05, 3.63) is 66.4 Å². The molecule has 0 saturated carbocycles. The van der Waals surface area contributed by atoms with E-state index in [0.29, 0.717) is 11.3 Å². The molecule has 0 saturated heterocycles. The average Bonchev–Trinajstić information content (AvgIpc) is 2.55. The van der Waals surface area contributed by atoms with Gasteiger partial charge in [0.2, 0.25) is 0 Å². The standard InChI is InChI=1S/C16H10F3N3/c17-16(18,19)13-8-6-12(7-9-13)15-20-10-14(21-22-15)11-4-2-1-3-5-11/h1-10H. The van der Waals surface area contributed by atoms with Gasteiger partial charge in [-0.3, -0.25) is 0 Å². The van der Waals surface area contributed by atoms with Crippen LogP contribution < -0.4 is 0 Å². The summed E-state index contributed by atoms with van der Waals surface area (Å²) < 4.78 is 37.6. The topological polar surface area (TPSA) is 38.7 Å². The lowest BCUT2D eigenvalue weighted by atomic mass is 10.1. The van der Waals surface area contributed by atoms with Gasteiger partial charge in [0.15, 0.2) is 5.82 Å². The largest absolute Gasteiger partial charge is 0.416 e. The third-order valence-electron chi connectivity index (χ3n) is 3.10. The molecule has 3 aromatic rings. The molecule has 0 aliphatic heterocycles. The third-order valence-corrected chi connectivity index (χ3v) is 3.10. The van der Waals surface area contributed by atoms with Gasteiger partial charge in [-0.25, -0.2) is 4.98 Å². The van der Waals surface area contributed by atoms with E-state index in [-0.39, 0.29) is 5.82 Å². The van der Waals surface area contributed by atoms with Gasteiger partial charge >= 0.3 is 6.18 Å². The molecule has 3 rings (SSSR count). The minimum Gasteiger partial charge on any atom is -0.233 e. The van der Waals surface area contributed by atoms with Gasteiger partial charge in [0, 0.05) is 11.1 Å². The summed E-state index contributed by atoms with van der Waals surface area (Å²) in [4.78, 5) is 4.16. The molecule has 6 heteroatoms. The first-order valence-corrected chi connectivity index (χ1v) is 6.47. The Morgan fingerprint density at radius 2 is 1.41 bits per heavy atom. The number of hydrogen-bond acceptors (Lipinski definition) is 3. The van der Waals surface area contributed by atoms with E-state index in [0.717, 1.165) is 17.7 Å². The maximum atomic E-state index is 12.5. The fraction of sp³-hybridized carbons (Fsp3) is 0.0625. The summed E-state index contributed by atoms with van der Waals surface area (Å²) in [6.45, 7) is 0. The summed E-state index contributed by atoms with van der Waals surface area (Å²) in [6, 6.07) is 14.1. The van der Waals surface area contributed by atoms with E-state index in [2.05, 4.69) is 15.2 Å². The van der Waals surface area contributed by atoms with E-state index < -0.39 is 11.7 Å². The van der Waals surface area contributed by atoms with Gasteiger partial charge in [0.05, 0.1) is 11.8 Å². The third kappa shape index (κ3) is 2.95. The molecule has 1 aromatic heterocycles. The summed E-state index contributed by atoms with van der Waals surface area (Å²) in [5, 5.41) is 8.04. The minimum atomic E-state index is -4.35. The molecule has 110 valence electrons. The molecule has 0 aliphatic carbocycles. The summed E-state index contributed by atoms with van der Waals surface area (Å²) in [7, 11) is 0. The highest BCUT2D eigenvalue weighted by molar-refractivity contribution is 5.60. The van der Waals surface area contributed by atoms with E-state index in [9.17, 15) is 13.2 Å². The Morgan fingerprint density at radius 1 is 0.727 bits per heavy atom. The highest BCUT2D eigenvalue weighted by atomic mass is 19.4. The van der Waals surface area contributed by atoms with Gasteiger partial charge in [-0.15, -0.1) is 10.2 Å². The smallest absolute Gasteiger partial charge is 0.233 e. The normalized spacial score (nSPS) is 11.4. The van der Waals surface area contributed by atoms with E-state index in [1.165, 1.54) is 12.1 Å². The molecule has 1 heterocycles. The molecule has 3 nitrogen and oxygen atoms in total. The van der Waals surface area contributed by atoms with E-state index in [4.69, 9.17) is 0 Å². The molecule has 0 fully saturated rings. The predicted octanol–water partition coefficient (Wildman–Crippen LogP) is 4.22. The van der Waals surface area contributed by atoms with Crippen molar-refractivity contribution in [2.45, 2.75) is 6.18 Å². The van der Waals surface area contributed by atoms with Gasteiger partial charge in [-0.05, 0) is 12.1 Å². The van der Waals surface area contributed by atoms with Crippen LogP contribution in [0.2, 0.25) is 0 Å². The molecule has 0 bridgehead atoms. The van der Waals surface area contributed by atoms with Crippen molar-refractivity contribution >= 4 is 0 Å². The summed E-state index contributed by atoms with van der Waals surface area (Å²) in [6.07, 6.45) is -2.80. The zero-order chi connectivity index (χ0) is 15.6. The van der Waals surface area contributed by atoms with Crippen molar-refractivity contribution in [1.82, 2.24) is 15.2 Å². The van der Waals surface area contributed by atoms with Crippen molar-refractivity contribution in [2.75, 3.05) is 0 Å². The Labute approximate surface area is 124 Å². The average molecular weight is 301 g/mol. The van der Waals surface area contributed by atoms with Gasteiger partial charge in [-0.2, -0.15) is 13.2 Å².